The van der Waals surface area contributed by atoms with Crippen LogP contribution in [0, 0.1) is 5.92 Å². The highest BCUT2D eigenvalue weighted by atomic mass is 16.3. The molecular formula is C22H26N2O3. The fraction of sp³-hybridized carbons (Fsp3) is 0.455. The summed E-state index contributed by atoms with van der Waals surface area (Å²) in [4.78, 5) is 27.1. The quantitative estimate of drug-likeness (QED) is 0.882. The van der Waals surface area contributed by atoms with Crippen LogP contribution >= 0.6 is 0 Å². The number of amides is 2. The average molecular weight is 366 g/mol. The molecule has 5 nitrogen and oxygen atoms in total. The molecular weight excluding hydrogens is 340 g/mol. The van der Waals surface area contributed by atoms with Crippen molar-refractivity contribution in [2.24, 2.45) is 5.92 Å². The molecule has 2 amide bonds. The molecule has 1 saturated carbocycles. The van der Waals surface area contributed by atoms with Gasteiger partial charge in [-0.3, -0.25) is 9.59 Å². The summed E-state index contributed by atoms with van der Waals surface area (Å²) in [6.45, 7) is 1.86. The molecule has 2 aliphatic rings. The van der Waals surface area contributed by atoms with Crippen molar-refractivity contribution < 1.29 is 14.0 Å². The molecule has 0 radical (unpaired) electrons. The van der Waals surface area contributed by atoms with E-state index in [9.17, 15) is 9.59 Å². The van der Waals surface area contributed by atoms with Gasteiger partial charge in [-0.25, -0.2) is 0 Å². The number of hydrogen-bond donors (Lipinski definition) is 1. The van der Waals surface area contributed by atoms with Gasteiger partial charge in [0.15, 0.2) is 0 Å². The summed E-state index contributed by atoms with van der Waals surface area (Å²) in [6.07, 6.45) is 8.10. The van der Waals surface area contributed by atoms with E-state index in [1.807, 2.05) is 6.07 Å². The number of piperidine rings is 1. The molecule has 4 rings (SSSR count). The normalized spacial score (nSPS) is 21.3. The fourth-order valence-corrected chi connectivity index (χ4v) is 4.31. The topological polar surface area (TPSA) is 62.6 Å². The summed E-state index contributed by atoms with van der Waals surface area (Å²) >= 11 is 0. The number of carbonyl (C=O) groups excluding carboxylic acids is 2. The number of nitrogens with zero attached hydrogens (tertiary/aromatic N) is 1. The number of hydrogen-bond acceptors (Lipinski definition) is 3. The minimum Gasteiger partial charge on any atom is -0.472 e. The van der Waals surface area contributed by atoms with E-state index in [0.717, 1.165) is 25.7 Å². The highest BCUT2D eigenvalue weighted by molar-refractivity contribution is 5.94. The van der Waals surface area contributed by atoms with Crippen molar-refractivity contribution in [2.75, 3.05) is 19.6 Å². The molecule has 142 valence electrons. The molecule has 1 aliphatic carbocycles. The molecule has 1 saturated heterocycles. The maximum atomic E-state index is 12.8. The van der Waals surface area contributed by atoms with Crippen molar-refractivity contribution in [1.82, 2.24) is 10.2 Å². The van der Waals surface area contributed by atoms with Crippen LogP contribution in [-0.2, 0) is 10.2 Å². The standard InChI is InChI=1S/C22H26N2O3/c25-20(23-16-22(10-5-11-22)19-7-2-1-3-8-19)17-6-4-12-24(14-17)21(26)18-9-13-27-15-18/h1-3,7-9,13,15,17H,4-6,10-12,14,16H2,(H,23,25)/t17-/m1/s1. The molecule has 1 atom stereocenters. The minimum absolute atomic E-state index is 0.0546. The highest BCUT2D eigenvalue weighted by Gasteiger charge is 2.39. The van der Waals surface area contributed by atoms with E-state index in [2.05, 4.69) is 29.6 Å². The van der Waals surface area contributed by atoms with Gasteiger partial charge in [-0.05, 0) is 37.3 Å². The van der Waals surface area contributed by atoms with Crippen LogP contribution in [0.15, 0.2) is 53.3 Å². The summed E-state index contributed by atoms with van der Waals surface area (Å²) < 4.78 is 5.01. The second kappa shape index (κ2) is 7.59. The molecule has 27 heavy (non-hydrogen) atoms. The van der Waals surface area contributed by atoms with Gasteiger partial charge in [0.2, 0.25) is 5.91 Å². The van der Waals surface area contributed by atoms with Crippen molar-refractivity contribution in [3.63, 3.8) is 0 Å². The van der Waals surface area contributed by atoms with Crippen LogP contribution in [0.2, 0.25) is 0 Å². The lowest BCUT2D eigenvalue weighted by Gasteiger charge is -2.43. The maximum Gasteiger partial charge on any atom is 0.257 e. The van der Waals surface area contributed by atoms with E-state index in [1.54, 1.807) is 11.0 Å². The van der Waals surface area contributed by atoms with E-state index < -0.39 is 0 Å². The monoisotopic (exact) mass is 366 g/mol. The minimum atomic E-state index is -0.137. The molecule has 0 bridgehead atoms. The summed E-state index contributed by atoms with van der Waals surface area (Å²) in [5.74, 6) is -0.120. The lowest BCUT2D eigenvalue weighted by molar-refractivity contribution is -0.126. The Morgan fingerprint density at radius 3 is 2.63 bits per heavy atom. The van der Waals surface area contributed by atoms with Crippen molar-refractivity contribution in [3.05, 3.63) is 60.1 Å². The predicted molar refractivity (Wildman–Crippen MR) is 102 cm³/mol. The zero-order valence-electron chi connectivity index (χ0n) is 15.5. The van der Waals surface area contributed by atoms with Gasteiger partial charge in [0.25, 0.3) is 5.91 Å². The molecule has 0 unspecified atom stereocenters. The Hall–Kier alpha value is -2.56. The Bertz CT molecular complexity index is 781. The Balaban J connectivity index is 1.36. The SMILES string of the molecule is O=C(NCC1(c2ccccc2)CCC1)[C@@H]1CCCN(C(=O)c2ccoc2)C1. The van der Waals surface area contributed by atoms with Crippen molar-refractivity contribution >= 4 is 11.8 Å². The van der Waals surface area contributed by atoms with Crippen LogP contribution in [0.3, 0.4) is 0 Å². The summed E-state index contributed by atoms with van der Waals surface area (Å²) in [5.41, 5.74) is 1.95. The molecule has 2 aromatic rings. The first kappa shape index (κ1) is 17.8. The lowest BCUT2D eigenvalue weighted by atomic mass is 9.64. The van der Waals surface area contributed by atoms with Gasteiger partial charge in [0.05, 0.1) is 17.7 Å². The van der Waals surface area contributed by atoms with Gasteiger partial charge >= 0.3 is 0 Å². The Labute approximate surface area is 159 Å². The van der Waals surface area contributed by atoms with Crippen molar-refractivity contribution in [2.45, 2.75) is 37.5 Å². The Morgan fingerprint density at radius 1 is 1.15 bits per heavy atom. The molecule has 2 heterocycles. The molecule has 0 spiro atoms. The highest BCUT2D eigenvalue weighted by Crippen LogP contribution is 2.43. The van der Waals surface area contributed by atoms with Crippen molar-refractivity contribution in [3.8, 4) is 0 Å². The second-order valence-corrected chi connectivity index (χ2v) is 7.82. The van der Waals surface area contributed by atoms with E-state index in [1.165, 1.54) is 24.5 Å². The number of likely N-dealkylation sites (tertiary alicyclic amines) is 1. The van der Waals surface area contributed by atoms with Crippen LogP contribution in [-0.4, -0.2) is 36.3 Å². The Morgan fingerprint density at radius 2 is 1.96 bits per heavy atom. The lowest BCUT2D eigenvalue weighted by Crippen LogP contribution is -2.50. The first-order valence-electron chi connectivity index (χ1n) is 9.83. The third-order valence-electron chi connectivity index (χ3n) is 6.15. The zero-order valence-corrected chi connectivity index (χ0v) is 15.5. The van der Waals surface area contributed by atoms with Crippen LogP contribution in [0.1, 0.15) is 48.0 Å². The molecule has 1 N–H and O–H groups in total. The molecule has 2 fully saturated rings. The average Bonchev–Trinajstić information content (AvgIpc) is 3.22. The van der Waals surface area contributed by atoms with Gasteiger partial charge in [-0.15, -0.1) is 0 Å². The number of rotatable bonds is 5. The van der Waals surface area contributed by atoms with E-state index >= 15 is 0 Å². The smallest absolute Gasteiger partial charge is 0.257 e. The Kier molecular flexibility index (Phi) is 5.01. The van der Waals surface area contributed by atoms with Gasteiger partial charge in [0, 0.05) is 25.0 Å². The van der Waals surface area contributed by atoms with Gasteiger partial charge in [-0.1, -0.05) is 36.8 Å². The number of nitrogens with one attached hydrogen (secondary N) is 1. The van der Waals surface area contributed by atoms with Crippen LogP contribution in [0.25, 0.3) is 0 Å². The van der Waals surface area contributed by atoms with Gasteiger partial charge in [-0.2, -0.15) is 0 Å². The van der Waals surface area contributed by atoms with Gasteiger partial charge < -0.3 is 14.6 Å². The number of furan rings is 1. The van der Waals surface area contributed by atoms with E-state index in [4.69, 9.17) is 4.42 Å². The number of benzene rings is 1. The molecule has 1 aliphatic heterocycles. The summed E-state index contributed by atoms with van der Waals surface area (Å²) in [5, 5.41) is 3.19. The zero-order chi connectivity index (χ0) is 18.7. The molecule has 1 aromatic carbocycles. The van der Waals surface area contributed by atoms with Crippen LogP contribution in [0.4, 0.5) is 0 Å². The molecule has 1 aromatic heterocycles. The third-order valence-corrected chi connectivity index (χ3v) is 6.15. The predicted octanol–water partition coefficient (Wildman–Crippen LogP) is 3.37. The number of carbonyl (C=O) groups is 2. The van der Waals surface area contributed by atoms with Gasteiger partial charge in [0.1, 0.15) is 6.26 Å². The first-order valence-corrected chi connectivity index (χ1v) is 9.83. The fourth-order valence-electron chi connectivity index (χ4n) is 4.31. The first-order chi connectivity index (χ1) is 13.2. The largest absolute Gasteiger partial charge is 0.472 e. The third kappa shape index (κ3) is 3.64. The summed E-state index contributed by atoms with van der Waals surface area (Å²) in [6, 6.07) is 12.2. The van der Waals surface area contributed by atoms with E-state index in [-0.39, 0.29) is 23.1 Å². The second-order valence-electron chi connectivity index (χ2n) is 7.82. The van der Waals surface area contributed by atoms with Crippen LogP contribution < -0.4 is 5.32 Å². The van der Waals surface area contributed by atoms with E-state index in [0.29, 0.717) is 25.2 Å². The summed E-state index contributed by atoms with van der Waals surface area (Å²) in [7, 11) is 0. The molecule has 5 heteroatoms. The maximum absolute atomic E-state index is 12.8. The van der Waals surface area contributed by atoms with Crippen LogP contribution in [0.5, 0.6) is 0 Å². The van der Waals surface area contributed by atoms with Crippen molar-refractivity contribution in [1.29, 1.82) is 0 Å².